The van der Waals surface area contributed by atoms with Crippen LogP contribution in [0.25, 0.3) is 22.2 Å². The smallest absolute Gasteiger partial charge is 0.407 e. The Morgan fingerprint density at radius 1 is 1.19 bits per heavy atom. The monoisotopic (exact) mass is 646 g/mol. The summed E-state index contributed by atoms with van der Waals surface area (Å²) in [5, 5.41) is 11.2. The van der Waals surface area contributed by atoms with Gasteiger partial charge < -0.3 is 40.5 Å². The second-order valence-corrected chi connectivity index (χ2v) is 13.8. The van der Waals surface area contributed by atoms with E-state index in [1.165, 1.54) is 7.11 Å². The zero-order valence-corrected chi connectivity index (χ0v) is 27.5. The van der Waals surface area contributed by atoms with Crippen molar-refractivity contribution >= 4 is 34.7 Å². The Hall–Kier alpha value is -4.26. The number of nitrogens with two attached hydrogens (primary N) is 1. The minimum absolute atomic E-state index is 0.00431. The highest BCUT2D eigenvalue weighted by Crippen LogP contribution is 2.48. The van der Waals surface area contributed by atoms with Gasteiger partial charge in [0, 0.05) is 41.0 Å². The van der Waals surface area contributed by atoms with E-state index >= 15 is 4.39 Å². The van der Waals surface area contributed by atoms with Crippen LogP contribution in [0.5, 0.6) is 11.9 Å². The largest absolute Gasteiger partial charge is 0.480 e. The maximum Gasteiger partial charge on any atom is 0.407 e. The minimum atomic E-state index is -0.732. The van der Waals surface area contributed by atoms with Crippen LogP contribution in [-0.4, -0.2) is 90.7 Å². The molecule has 13 heteroatoms. The average Bonchev–Trinajstić information content (AvgIpc) is 3.66. The number of pyridine rings is 1. The zero-order chi connectivity index (χ0) is 33.1. The number of ether oxygens (including phenoxy) is 3. The number of alkyl carbamates (subject to hydrolysis) is 1. The van der Waals surface area contributed by atoms with Crippen LogP contribution in [0, 0.1) is 30.5 Å². The van der Waals surface area contributed by atoms with E-state index in [0.29, 0.717) is 66.7 Å². The molecule has 1 amide bonds. The molecule has 1 aliphatic carbocycles. The molecule has 0 unspecified atom stereocenters. The van der Waals surface area contributed by atoms with Crippen molar-refractivity contribution in [2.24, 2.45) is 5.41 Å². The van der Waals surface area contributed by atoms with Crippen molar-refractivity contribution in [2.45, 2.75) is 70.4 Å². The van der Waals surface area contributed by atoms with Crippen LogP contribution in [0.1, 0.15) is 61.6 Å². The number of halogens is 1. The van der Waals surface area contributed by atoms with Gasteiger partial charge in [0.05, 0.1) is 26.8 Å². The second kappa shape index (κ2) is 11.8. The molecule has 2 aromatic heterocycles. The van der Waals surface area contributed by atoms with Crippen LogP contribution in [0.4, 0.5) is 20.7 Å². The predicted molar refractivity (Wildman–Crippen MR) is 177 cm³/mol. The number of fused-ring (bicyclic) bond motifs is 2. The first kappa shape index (κ1) is 31.3. The Bertz CT molecular complexity index is 1770. The number of carbonyl (C=O) groups is 1. The number of hydrogen-bond acceptors (Lipinski definition) is 11. The number of methoxy groups -OCH3 is 1. The molecule has 4 N–H and O–H groups in total. The highest BCUT2D eigenvalue weighted by atomic mass is 19.1. The number of nitrogens with zero attached hydrogens (tertiary/aromatic N) is 5. The minimum Gasteiger partial charge on any atom is -0.480 e. The Labute approximate surface area is 273 Å². The number of benzene rings is 1. The molecule has 4 aliphatic rings. The van der Waals surface area contributed by atoms with Crippen LogP contribution < -0.4 is 25.4 Å². The van der Waals surface area contributed by atoms with Crippen molar-refractivity contribution in [3.05, 3.63) is 28.6 Å². The summed E-state index contributed by atoms with van der Waals surface area (Å²) in [5.74, 6) is -0.130. The summed E-state index contributed by atoms with van der Waals surface area (Å²) in [7, 11) is 3.66. The topological polar surface area (TPSA) is 152 Å². The number of anilines is 2. The summed E-state index contributed by atoms with van der Waals surface area (Å²) in [6.07, 6.45) is 7.58. The Morgan fingerprint density at radius 2 is 1.98 bits per heavy atom. The first-order chi connectivity index (χ1) is 22.6. The van der Waals surface area contributed by atoms with Crippen molar-refractivity contribution in [3.63, 3.8) is 0 Å². The van der Waals surface area contributed by atoms with Crippen LogP contribution >= 0.6 is 0 Å². The number of rotatable bonds is 7. The molecule has 47 heavy (non-hydrogen) atoms. The lowest BCUT2D eigenvalue weighted by atomic mass is 9.76. The third-order valence-electron chi connectivity index (χ3n) is 11.0. The molecule has 1 aromatic carbocycles. The summed E-state index contributed by atoms with van der Waals surface area (Å²) >= 11 is 0. The lowest BCUT2D eigenvalue weighted by molar-refractivity contribution is 0.0132. The molecule has 0 bridgehead atoms. The van der Waals surface area contributed by atoms with Crippen molar-refractivity contribution in [1.29, 1.82) is 5.41 Å². The standard InChI is InChI=1S/C34H43FN8O4/c1-19-14-22(37)21(15-36)24(20(19)2)27-26(35)28-25(30(39-27)45-4)29(43-13-7-11-34(17-43)16-38-32(44)47-34)41-31(40-28)46-18-33-9-5-8-23(33)42(3)12-6-10-33/h14-15,23,36H,5-13,16-18,37H2,1-4H3,(H,38,44)/t23-,33-,34+/m1/s1. The first-order valence-electron chi connectivity index (χ1n) is 16.5. The summed E-state index contributed by atoms with van der Waals surface area (Å²) in [4.78, 5) is 30.9. The van der Waals surface area contributed by atoms with E-state index in [1.807, 2.05) is 18.7 Å². The van der Waals surface area contributed by atoms with Gasteiger partial charge in [-0.1, -0.05) is 6.42 Å². The van der Waals surface area contributed by atoms with E-state index in [9.17, 15) is 4.79 Å². The van der Waals surface area contributed by atoms with E-state index < -0.39 is 17.5 Å². The molecular weight excluding hydrogens is 603 g/mol. The third-order valence-corrected chi connectivity index (χ3v) is 11.0. The normalized spacial score (nSPS) is 25.9. The number of nitrogens with one attached hydrogen (secondary N) is 2. The summed E-state index contributed by atoms with van der Waals surface area (Å²) in [6, 6.07) is 2.27. The van der Waals surface area contributed by atoms with Gasteiger partial charge in [-0.3, -0.25) is 0 Å². The van der Waals surface area contributed by atoms with E-state index in [1.54, 1.807) is 6.07 Å². The molecule has 5 heterocycles. The van der Waals surface area contributed by atoms with Gasteiger partial charge in [0.25, 0.3) is 0 Å². The number of aromatic nitrogens is 3. The SMILES string of the molecule is COc1nc(-c2c(C)c(C)cc(N)c2C=N)c(F)c2nc(OC[C@]34CCC[C@H]3N(C)CCC4)nc(N3CCC[C@]4(CNC(=O)O4)C3)c12. The molecule has 4 fully saturated rings. The highest BCUT2D eigenvalue weighted by Gasteiger charge is 2.48. The third kappa shape index (κ3) is 5.19. The molecule has 12 nitrogen and oxygen atoms in total. The van der Waals surface area contributed by atoms with Crippen molar-refractivity contribution in [2.75, 3.05) is 57.6 Å². The Morgan fingerprint density at radius 3 is 2.72 bits per heavy atom. The van der Waals surface area contributed by atoms with Gasteiger partial charge in [-0.2, -0.15) is 9.97 Å². The van der Waals surface area contributed by atoms with Crippen LogP contribution in [0.2, 0.25) is 0 Å². The maximum atomic E-state index is 17.1. The van der Waals surface area contributed by atoms with E-state index in [-0.39, 0.29) is 28.5 Å². The van der Waals surface area contributed by atoms with Gasteiger partial charge >= 0.3 is 12.1 Å². The second-order valence-electron chi connectivity index (χ2n) is 13.8. The molecule has 1 saturated carbocycles. The van der Waals surface area contributed by atoms with Crippen LogP contribution in [-0.2, 0) is 4.74 Å². The molecular formula is C34H43FN8O4. The first-order valence-corrected chi connectivity index (χ1v) is 16.5. The number of piperidine rings is 2. The molecule has 7 rings (SSSR count). The summed E-state index contributed by atoms with van der Waals surface area (Å²) in [6.45, 7) is 6.57. The van der Waals surface area contributed by atoms with E-state index in [0.717, 1.165) is 62.4 Å². The molecule has 1 spiro atoms. The molecule has 3 aliphatic heterocycles. The number of aryl methyl sites for hydroxylation is 1. The summed E-state index contributed by atoms with van der Waals surface area (Å²) in [5.41, 5.74) is 8.29. The van der Waals surface area contributed by atoms with Crippen molar-refractivity contribution in [3.8, 4) is 23.1 Å². The number of carbonyl (C=O) groups excluding carboxylic acids is 1. The fourth-order valence-corrected chi connectivity index (χ4v) is 8.53. The van der Waals surface area contributed by atoms with Crippen molar-refractivity contribution < 1.29 is 23.4 Å². The molecule has 0 radical (unpaired) electrons. The number of nitrogen functional groups attached to an aromatic ring is 1. The van der Waals surface area contributed by atoms with Gasteiger partial charge in [-0.25, -0.2) is 14.2 Å². The number of likely N-dealkylation sites (tertiary alicyclic amines) is 1. The lowest BCUT2D eigenvalue weighted by Crippen LogP contribution is -2.51. The summed E-state index contributed by atoms with van der Waals surface area (Å²) < 4.78 is 35.2. The highest BCUT2D eigenvalue weighted by molar-refractivity contribution is 6.01. The fraction of sp³-hybridized carbons (Fsp3) is 0.559. The van der Waals surface area contributed by atoms with E-state index in [2.05, 4.69) is 17.3 Å². The van der Waals surface area contributed by atoms with E-state index in [4.69, 9.17) is 40.3 Å². The number of amides is 1. The fourth-order valence-electron chi connectivity index (χ4n) is 8.53. The van der Waals surface area contributed by atoms with Gasteiger partial charge in [-0.05, 0) is 83.2 Å². The number of hydrogen-bond donors (Lipinski definition) is 3. The van der Waals surface area contributed by atoms with Gasteiger partial charge in [0.1, 0.15) is 28.0 Å². The predicted octanol–water partition coefficient (Wildman–Crippen LogP) is 4.76. The molecule has 250 valence electrons. The molecule has 3 atom stereocenters. The van der Waals surface area contributed by atoms with Gasteiger partial charge in [-0.15, -0.1) is 0 Å². The molecule has 3 aromatic rings. The Kier molecular flexibility index (Phi) is 7.85. The lowest BCUT2D eigenvalue weighted by Gasteiger charge is -2.44. The quantitative estimate of drug-likeness (QED) is 0.242. The van der Waals surface area contributed by atoms with Gasteiger partial charge in [0.15, 0.2) is 5.82 Å². The van der Waals surface area contributed by atoms with Crippen molar-refractivity contribution in [1.82, 2.24) is 25.2 Å². The van der Waals surface area contributed by atoms with Crippen LogP contribution in [0.3, 0.4) is 0 Å². The average molecular weight is 647 g/mol. The molecule has 3 saturated heterocycles. The Balaban J connectivity index is 1.40. The zero-order valence-electron chi connectivity index (χ0n) is 27.5. The maximum absolute atomic E-state index is 17.1. The van der Waals surface area contributed by atoms with Crippen LogP contribution in [0.15, 0.2) is 6.07 Å². The van der Waals surface area contributed by atoms with Gasteiger partial charge in [0.2, 0.25) is 5.88 Å².